The van der Waals surface area contributed by atoms with Crippen LogP contribution < -0.4 is 10.9 Å². The third kappa shape index (κ3) is 4.53. The number of amides is 2. The summed E-state index contributed by atoms with van der Waals surface area (Å²) in [5.41, 5.74) is 0.853. The number of aryl methyl sites for hydroxylation is 2. The lowest BCUT2D eigenvalue weighted by Crippen LogP contribution is -2.45. The smallest absolute Gasteiger partial charge is 0.318 e. The molecule has 3 aromatic rings. The minimum atomic E-state index is -0.129. The molecule has 0 spiro atoms. The summed E-state index contributed by atoms with van der Waals surface area (Å²) in [4.78, 5) is 37.9. The minimum Gasteiger partial charge on any atom is -0.335 e. The highest BCUT2D eigenvalue weighted by Gasteiger charge is 2.22. The number of thiophene rings is 2. The molecule has 3 heterocycles. The normalized spacial score (nSPS) is 15.0. The molecule has 2 amide bonds. The Bertz CT molecular complexity index is 1050. The van der Waals surface area contributed by atoms with Gasteiger partial charge in [0.1, 0.15) is 10.7 Å². The van der Waals surface area contributed by atoms with Crippen molar-refractivity contribution in [2.45, 2.75) is 65.1 Å². The summed E-state index contributed by atoms with van der Waals surface area (Å²) < 4.78 is 0. The molecular formula is C21H26N4O2S2. The Morgan fingerprint density at radius 2 is 2.07 bits per heavy atom. The second-order valence-corrected chi connectivity index (χ2v) is 9.93. The maximum Gasteiger partial charge on any atom is 0.318 e. The molecule has 2 N–H and O–H groups in total. The SMILES string of the molecule is Cc1sc2nc(CN(Cc3cccs3)C(=O)NC3CCCCC3)[nH]c(=O)c2c1C. The highest BCUT2D eigenvalue weighted by molar-refractivity contribution is 7.18. The molecular weight excluding hydrogens is 404 g/mol. The maximum absolute atomic E-state index is 13.1. The highest BCUT2D eigenvalue weighted by atomic mass is 32.1. The summed E-state index contributed by atoms with van der Waals surface area (Å²) >= 11 is 3.15. The Balaban J connectivity index is 1.58. The predicted molar refractivity (Wildman–Crippen MR) is 119 cm³/mol. The van der Waals surface area contributed by atoms with Gasteiger partial charge in [0.25, 0.3) is 5.56 Å². The number of nitrogens with zero attached hydrogens (tertiary/aromatic N) is 2. The molecule has 8 heteroatoms. The summed E-state index contributed by atoms with van der Waals surface area (Å²) in [6.45, 7) is 4.73. The van der Waals surface area contributed by atoms with Crippen LogP contribution in [0.1, 0.15) is 53.2 Å². The van der Waals surface area contributed by atoms with Crippen molar-refractivity contribution in [2.75, 3.05) is 0 Å². The van der Waals surface area contributed by atoms with Gasteiger partial charge in [0.15, 0.2) is 0 Å². The Morgan fingerprint density at radius 3 is 2.79 bits per heavy atom. The first-order chi connectivity index (χ1) is 14.0. The van der Waals surface area contributed by atoms with Crippen molar-refractivity contribution in [3.05, 3.63) is 49.0 Å². The molecule has 0 atom stereocenters. The molecule has 0 radical (unpaired) electrons. The predicted octanol–water partition coefficient (Wildman–Crippen LogP) is 4.71. The summed E-state index contributed by atoms with van der Waals surface area (Å²) in [5, 5.41) is 5.86. The van der Waals surface area contributed by atoms with Crippen molar-refractivity contribution in [3.63, 3.8) is 0 Å². The highest BCUT2D eigenvalue weighted by Crippen LogP contribution is 2.26. The Kier molecular flexibility index (Phi) is 6.01. The summed E-state index contributed by atoms with van der Waals surface area (Å²) in [5.74, 6) is 0.527. The first-order valence-electron chi connectivity index (χ1n) is 10.1. The fourth-order valence-electron chi connectivity index (χ4n) is 3.86. The Morgan fingerprint density at radius 1 is 1.28 bits per heavy atom. The van der Waals surface area contributed by atoms with Gasteiger partial charge < -0.3 is 15.2 Å². The van der Waals surface area contributed by atoms with Gasteiger partial charge in [0, 0.05) is 15.8 Å². The first kappa shape index (κ1) is 20.1. The number of aromatic amines is 1. The summed E-state index contributed by atoms with van der Waals surface area (Å²) in [7, 11) is 0. The molecule has 1 saturated carbocycles. The van der Waals surface area contributed by atoms with Crippen LogP contribution in [-0.4, -0.2) is 26.9 Å². The van der Waals surface area contributed by atoms with Crippen molar-refractivity contribution in [1.29, 1.82) is 0 Å². The molecule has 0 aromatic carbocycles. The quantitative estimate of drug-likeness (QED) is 0.615. The van der Waals surface area contributed by atoms with Crippen LogP contribution in [0.3, 0.4) is 0 Å². The number of nitrogens with one attached hydrogen (secondary N) is 2. The van der Waals surface area contributed by atoms with E-state index in [0.29, 0.717) is 17.8 Å². The number of rotatable bonds is 5. The van der Waals surface area contributed by atoms with Gasteiger partial charge in [-0.3, -0.25) is 4.79 Å². The molecule has 0 saturated heterocycles. The van der Waals surface area contributed by atoms with Gasteiger partial charge in [-0.15, -0.1) is 22.7 Å². The van der Waals surface area contributed by atoms with Crippen molar-refractivity contribution in [1.82, 2.24) is 20.2 Å². The van der Waals surface area contributed by atoms with Gasteiger partial charge in [-0.05, 0) is 43.7 Å². The van der Waals surface area contributed by atoms with Gasteiger partial charge in [0.05, 0.1) is 18.5 Å². The molecule has 3 aromatic heterocycles. The second-order valence-electron chi connectivity index (χ2n) is 7.70. The number of fused-ring (bicyclic) bond motifs is 1. The number of hydrogen-bond donors (Lipinski definition) is 2. The van der Waals surface area contributed by atoms with Gasteiger partial charge in [0.2, 0.25) is 0 Å². The Hall–Kier alpha value is -2.19. The van der Waals surface area contributed by atoms with E-state index in [0.717, 1.165) is 33.0 Å². The van der Waals surface area contributed by atoms with Gasteiger partial charge in [-0.1, -0.05) is 25.3 Å². The van der Waals surface area contributed by atoms with Crippen molar-refractivity contribution >= 4 is 38.9 Å². The largest absolute Gasteiger partial charge is 0.335 e. The van der Waals surface area contributed by atoms with E-state index in [4.69, 9.17) is 0 Å². The minimum absolute atomic E-state index is 0.0911. The average Bonchev–Trinajstić information content (AvgIpc) is 3.30. The zero-order valence-electron chi connectivity index (χ0n) is 16.8. The van der Waals surface area contributed by atoms with Gasteiger partial charge in [-0.25, -0.2) is 9.78 Å². The zero-order chi connectivity index (χ0) is 20.4. The lowest BCUT2D eigenvalue weighted by atomic mass is 9.96. The van der Waals surface area contributed by atoms with Crippen LogP contribution in [0.5, 0.6) is 0 Å². The van der Waals surface area contributed by atoms with E-state index < -0.39 is 0 Å². The van der Waals surface area contributed by atoms with Gasteiger partial charge >= 0.3 is 6.03 Å². The molecule has 29 heavy (non-hydrogen) atoms. The Labute approximate surface area is 178 Å². The molecule has 0 unspecified atom stereocenters. The van der Waals surface area contributed by atoms with Crippen LogP contribution in [0.15, 0.2) is 22.3 Å². The number of carbonyl (C=O) groups is 1. The first-order valence-corrected chi connectivity index (χ1v) is 11.8. The number of aromatic nitrogens is 2. The van der Waals surface area contributed by atoms with E-state index >= 15 is 0 Å². The number of hydrogen-bond acceptors (Lipinski definition) is 5. The van der Waals surface area contributed by atoms with Gasteiger partial charge in [-0.2, -0.15) is 0 Å². The zero-order valence-corrected chi connectivity index (χ0v) is 18.4. The lowest BCUT2D eigenvalue weighted by molar-refractivity contribution is 0.183. The molecule has 154 valence electrons. The molecule has 6 nitrogen and oxygen atoms in total. The maximum atomic E-state index is 13.1. The van der Waals surface area contributed by atoms with E-state index in [1.165, 1.54) is 30.6 Å². The fraction of sp³-hybridized carbons (Fsp3) is 0.476. The molecule has 0 aliphatic heterocycles. The van der Waals surface area contributed by atoms with E-state index in [9.17, 15) is 9.59 Å². The van der Waals surface area contributed by atoms with Crippen molar-refractivity contribution in [3.8, 4) is 0 Å². The van der Waals surface area contributed by atoms with Crippen LogP contribution in [0.25, 0.3) is 10.2 Å². The number of H-pyrrole nitrogens is 1. The fourth-order valence-corrected chi connectivity index (χ4v) is 5.63. The molecule has 1 aliphatic carbocycles. The third-order valence-corrected chi connectivity index (χ3v) is 7.54. The monoisotopic (exact) mass is 430 g/mol. The van der Waals surface area contributed by atoms with E-state index in [2.05, 4.69) is 15.3 Å². The summed E-state index contributed by atoms with van der Waals surface area (Å²) in [6, 6.07) is 4.16. The number of urea groups is 1. The van der Waals surface area contributed by atoms with Crippen LogP contribution in [0.4, 0.5) is 4.79 Å². The molecule has 1 aliphatic rings. The van der Waals surface area contributed by atoms with Crippen LogP contribution >= 0.6 is 22.7 Å². The van der Waals surface area contributed by atoms with E-state index in [1.807, 2.05) is 31.4 Å². The summed E-state index contributed by atoms with van der Waals surface area (Å²) in [6.07, 6.45) is 5.65. The van der Waals surface area contributed by atoms with Crippen molar-refractivity contribution in [2.24, 2.45) is 0 Å². The van der Waals surface area contributed by atoms with E-state index in [1.54, 1.807) is 16.2 Å². The van der Waals surface area contributed by atoms with Crippen molar-refractivity contribution < 1.29 is 4.79 Å². The second kappa shape index (κ2) is 8.67. The van der Waals surface area contributed by atoms with E-state index in [-0.39, 0.29) is 24.2 Å². The third-order valence-electron chi connectivity index (χ3n) is 5.58. The topological polar surface area (TPSA) is 78.1 Å². The number of carbonyl (C=O) groups excluding carboxylic acids is 1. The standard InChI is InChI=1S/C21H26N4O2S2/c1-13-14(2)29-20-18(13)19(26)23-17(24-20)12-25(11-16-9-6-10-28-16)21(27)22-15-7-4-3-5-8-15/h6,9-10,15H,3-5,7-8,11-12H2,1-2H3,(H,22,27)(H,23,24,26). The van der Waals surface area contributed by atoms with Crippen LogP contribution in [-0.2, 0) is 13.1 Å². The van der Waals surface area contributed by atoms with Crippen LogP contribution in [0, 0.1) is 13.8 Å². The van der Waals surface area contributed by atoms with Crippen LogP contribution in [0.2, 0.25) is 0 Å². The molecule has 4 rings (SSSR count). The average molecular weight is 431 g/mol. The molecule has 0 bridgehead atoms. The lowest BCUT2D eigenvalue weighted by Gasteiger charge is -2.28. The molecule has 1 fully saturated rings.